The van der Waals surface area contributed by atoms with Gasteiger partial charge in [0.25, 0.3) is 0 Å². The minimum atomic E-state index is -0.851. The fourth-order valence-electron chi connectivity index (χ4n) is 5.48. The second-order valence-corrected chi connectivity index (χ2v) is 13.2. The normalized spacial score (nSPS) is 12.5. The Morgan fingerprint density at radius 2 is 1.76 bits per heavy atom. The third-order valence-corrected chi connectivity index (χ3v) is 8.59. The molecule has 1 aliphatic heterocycles. The van der Waals surface area contributed by atoms with Crippen molar-refractivity contribution in [1.29, 1.82) is 5.41 Å². The van der Waals surface area contributed by atoms with Crippen molar-refractivity contribution in [2.24, 2.45) is 0 Å². The molecule has 0 saturated heterocycles. The van der Waals surface area contributed by atoms with Crippen LogP contribution >= 0.6 is 11.3 Å². The van der Waals surface area contributed by atoms with Gasteiger partial charge >= 0.3 is 5.97 Å². The summed E-state index contributed by atoms with van der Waals surface area (Å²) in [7, 11) is 1.85. The molecule has 232 valence electrons. The molecule has 2 heterocycles. The number of rotatable bonds is 7. The topological polar surface area (TPSA) is 116 Å². The van der Waals surface area contributed by atoms with Crippen LogP contribution in [0.5, 0.6) is 5.75 Å². The van der Waals surface area contributed by atoms with Crippen molar-refractivity contribution in [2.75, 3.05) is 19.0 Å². The average molecular weight is 622 g/mol. The van der Waals surface area contributed by atoms with Crippen LogP contribution in [0.1, 0.15) is 49.4 Å². The van der Waals surface area contributed by atoms with Gasteiger partial charge in [0.2, 0.25) is 0 Å². The van der Waals surface area contributed by atoms with Crippen molar-refractivity contribution >= 4 is 39.4 Å². The Morgan fingerprint density at radius 1 is 1.04 bits per heavy atom. The van der Waals surface area contributed by atoms with Crippen molar-refractivity contribution in [3.63, 3.8) is 0 Å². The van der Waals surface area contributed by atoms with Crippen LogP contribution in [0, 0.1) is 12.3 Å². The van der Waals surface area contributed by atoms with Gasteiger partial charge in [0.05, 0.1) is 28.8 Å². The molecule has 45 heavy (non-hydrogen) atoms. The number of nitrogens with zero attached hydrogens (tertiary/aromatic N) is 1. The van der Waals surface area contributed by atoms with E-state index in [0.717, 1.165) is 96.2 Å². The molecular formula is C37H39N3O4S. The first-order chi connectivity index (χ1) is 21.4. The SMILES string of the molecule is CC(C)(C)O.CNc1ccc(-c2cccc(-c3nc4cc(C)c(CC(=O)O)c(-c5ccc6c(c5)CCCO6)c4s3)c2)cc1C=N. The number of aryl methyl sites for hydroxylation is 2. The van der Waals surface area contributed by atoms with E-state index in [9.17, 15) is 9.90 Å². The molecule has 7 nitrogen and oxygen atoms in total. The molecule has 0 aliphatic carbocycles. The molecule has 0 unspecified atom stereocenters. The highest BCUT2D eigenvalue weighted by Crippen LogP contribution is 2.42. The Morgan fingerprint density at radius 3 is 2.47 bits per heavy atom. The first-order valence-electron chi connectivity index (χ1n) is 15.0. The highest BCUT2D eigenvalue weighted by molar-refractivity contribution is 7.22. The minimum absolute atomic E-state index is 0.0502. The van der Waals surface area contributed by atoms with E-state index in [1.807, 2.05) is 50.4 Å². The van der Waals surface area contributed by atoms with Crippen LogP contribution < -0.4 is 10.1 Å². The first-order valence-corrected chi connectivity index (χ1v) is 15.8. The monoisotopic (exact) mass is 621 g/mol. The number of hydrogen-bond acceptors (Lipinski definition) is 7. The molecule has 8 heteroatoms. The molecule has 4 N–H and O–H groups in total. The molecule has 0 fully saturated rings. The maximum absolute atomic E-state index is 11.9. The van der Waals surface area contributed by atoms with Gasteiger partial charge in [0.1, 0.15) is 10.8 Å². The molecule has 5 aromatic rings. The van der Waals surface area contributed by atoms with Gasteiger partial charge < -0.3 is 25.7 Å². The number of carbonyl (C=O) groups is 1. The standard InChI is InChI=1S/C33H29N3O3S.C4H10O/c1-19-13-28-32(31(26(19)17-30(37)38)23-9-11-29-22(16-23)7-4-12-39-29)40-33(36-28)24-6-3-5-20(14-24)21-8-10-27(35-2)25(15-21)18-34;1-4(2,3)5/h3,5-6,8-11,13-16,18,34-35H,4,7,12,17H2,1-2H3,(H,37,38);5H,1-3H3. The molecule has 6 rings (SSSR count). The van der Waals surface area contributed by atoms with E-state index in [1.165, 1.54) is 6.21 Å². The number of nitrogens with one attached hydrogen (secondary N) is 2. The van der Waals surface area contributed by atoms with E-state index in [2.05, 4.69) is 35.6 Å². The number of carboxylic acids is 1. The molecular weight excluding hydrogens is 582 g/mol. The lowest BCUT2D eigenvalue weighted by Crippen LogP contribution is -2.10. The highest BCUT2D eigenvalue weighted by atomic mass is 32.1. The number of aromatic nitrogens is 1. The van der Waals surface area contributed by atoms with Crippen LogP contribution in [0.25, 0.3) is 43.0 Å². The zero-order valence-electron chi connectivity index (χ0n) is 26.3. The smallest absolute Gasteiger partial charge is 0.307 e. The summed E-state index contributed by atoms with van der Waals surface area (Å²) < 4.78 is 6.83. The first kappa shape index (κ1) is 31.9. The second-order valence-electron chi connectivity index (χ2n) is 12.2. The van der Waals surface area contributed by atoms with Gasteiger partial charge in [-0.1, -0.05) is 30.3 Å². The number of benzene rings is 4. The predicted octanol–water partition coefficient (Wildman–Crippen LogP) is 8.37. The maximum atomic E-state index is 11.9. The Hall–Kier alpha value is -4.53. The lowest BCUT2D eigenvalue weighted by molar-refractivity contribution is -0.136. The van der Waals surface area contributed by atoms with Gasteiger partial charge in [-0.2, -0.15) is 0 Å². The third kappa shape index (κ3) is 7.41. The average Bonchev–Trinajstić information content (AvgIpc) is 3.43. The van der Waals surface area contributed by atoms with E-state index in [-0.39, 0.29) is 6.42 Å². The van der Waals surface area contributed by atoms with Crippen molar-refractivity contribution < 1.29 is 19.7 Å². The summed E-state index contributed by atoms with van der Waals surface area (Å²) in [4.78, 5) is 16.9. The molecule has 0 bridgehead atoms. The molecule has 0 saturated carbocycles. The van der Waals surface area contributed by atoms with Crippen LogP contribution in [0.4, 0.5) is 5.69 Å². The van der Waals surface area contributed by atoms with Crippen molar-refractivity contribution in [3.05, 3.63) is 89.0 Å². The predicted molar refractivity (Wildman–Crippen MR) is 185 cm³/mol. The van der Waals surface area contributed by atoms with Crippen LogP contribution in [-0.2, 0) is 17.6 Å². The minimum Gasteiger partial charge on any atom is -0.493 e. The zero-order valence-corrected chi connectivity index (χ0v) is 27.1. The number of fused-ring (bicyclic) bond motifs is 2. The summed E-state index contributed by atoms with van der Waals surface area (Å²) in [5, 5.41) is 30.1. The summed E-state index contributed by atoms with van der Waals surface area (Å²) in [6.45, 7) is 7.93. The molecule has 0 amide bonds. The fourth-order valence-corrected chi connectivity index (χ4v) is 6.61. The molecule has 0 spiro atoms. The number of thiazole rings is 1. The van der Waals surface area contributed by atoms with Crippen molar-refractivity contribution in [1.82, 2.24) is 4.98 Å². The van der Waals surface area contributed by atoms with Crippen LogP contribution in [0.15, 0.2) is 66.7 Å². The van der Waals surface area contributed by atoms with E-state index < -0.39 is 11.6 Å². The van der Waals surface area contributed by atoms with Gasteiger partial charge in [0, 0.05) is 35.6 Å². The van der Waals surface area contributed by atoms with E-state index in [0.29, 0.717) is 0 Å². The number of aliphatic carboxylic acids is 1. The van der Waals surface area contributed by atoms with Crippen molar-refractivity contribution in [3.8, 4) is 38.6 Å². The molecule has 4 aromatic carbocycles. The number of aliphatic hydroxyl groups is 1. The Labute approximate surface area is 268 Å². The fraction of sp³-hybridized carbons (Fsp3) is 0.270. The Kier molecular flexibility index (Phi) is 9.37. The van der Waals surface area contributed by atoms with Crippen LogP contribution in [-0.4, -0.2) is 46.6 Å². The summed E-state index contributed by atoms with van der Waals surface area (Å²) in [5.41, 5.74) is 10.0. The highest BCUT2D eigenvalue weighted by Gasteiger charge is 2.21. The Bertz CT molecular complexity index is 1880. The molecule has 1 aromatic heterocycles. The van der Waals surface area contributed by atoms with Gasteiger partial charge in [-0.05, 0) is 110 Å². The van der Waals surface area contributed by atoms with Crippen molar-refractivity contribution in [2.45, 2.75) is 52.6 Å². The number of ether oxygens (including phenoxy) is 1. The van der Waals surface area contributed by atoms with Crippen LogP contribution in [0.3, 0.4) is 0 Å². The lowest BCUT2D eigenvalue weighted by atomic mass is 9.91. The number of anilines is 1. The zero-order chi connectivity index (χ0) is 32.3. The Balaban J connectivity index is 0.000000743. The van der Waals surface area contributed by atoms with Gasteiger partial charge in [-0.3, -0.25) is 4.79 Å². The van der Waals surface area contributed by atoms with E-state index in [1.54, 1.807) is 32.1 Å². The van der Waals surface area contributed by atoms with Crippen LogP contribution in [0.2, 0.25) is 0 Å². The van der Waals surface area contributed by atoms with E-state index >= 15 is 0 Å². The second kappa shape index (κ2) is 13.2. The van der Waals surface area contributed by atoms with Gasteiger partial charge in [-0.25, -0.2) is 4.98 Å². The largest absolute Gasteiger partial charge is 0.493 e. The summed E-state index contributed by atoms with van der Waals surface area (Å²) in [5.74, 6) is 0.0606. The lowest BCUT2D eigenvalue weighted by Gasteiger charge is -2.19. The molecule has 0 atom stereocenters. The molecule has 0 radical (unpaired) electrons. The molecule has 1 aliphatic rings. The summed E-state index contributed by atoms with van der Waals surface area (Å²) in [6.07, 6.45) is 3.23. The summed E-state index contributed by atoms with van der Waals surface area (Å²) >= 11 is 1.60. The number of carboxylic acid groups (broad SMARTS) is 1. The van der Waals surface area contributed by atoms with E-state index in [4.69, 9.17) is 20.2 Å². The number of hydrogen-bond donors (Lipinski definition) is 4. The summed E-state index contributed by atoms with van der Waals surface area (Å²) in [6, 6.07) is 22.5. The third-order valence-electron chi connectivity index (χ3n) is 7.46. The maximum Gasteiger partial charge on any atom is 0.307 e. The van der Waals surface area contributed by atoms with Gasteiger partial charge in [0.15, 0.2) is 0 Å². The quantitative estimate of drug-likeness (QED) is 0.136. The van der Waals surface area contributed by atoms with Gasteiger partial charge in [-0.15, -0.1) is 11.3 Å².